The third kappa shape index (κ3) is 6.77. The lowest BCUT2D eigenvalue weighted by Crippen LogP contribution is -2.52. The molecule has 3 amide bonds. The molecule has 55 heavy (non-hydrogen) atoms. The van der Waals surface area contributed by atoms with E-state index in [9.17, 15) is 24.0 Å². The molecule has 2 N–H and O–H groups in total. The molecule has 6 heterocycles. The first kappa shape index (κ1) is 35.2. The molecule has 13 heteroatoms. The summed E-state index contributed by atoms with van der Waals surface area (Å²) in [6.45, 7) is 9.24. The van der Waals surface area contributed by atoms with Crippen LogP contribution in [0.4, 0.5) is 21.5 Å². The van der Waals surface area contributed by atoms with Gasteiger partial charge in [0.1, 0.15) is 17.9 Å². The van der Waals surface area contributed by atoms with Crippen LogP contribution >= 0.6 is 0 Å². The van der Waals surface area contributed by atoms with Crippen LogP contribution in [-0.2, 0) is 16.1 Å². The molecular formula is C42H46FN9O3. The number of rotatable bonds is 7. The van der Waals surface area contributed by atoms with Crippen LogP contribution in [0.25, 0.3) is 10.9 Å². The standard InChI is InChI=1S/C42H46FN9O3/c43-34-9-10-36(40-39(34)35(23-44)46-47-40)51-15-1-2-29(25-51)28-3-5-31(6-4-28)49-16-13-27(14-17-49)24-48-18-20-50(21-19-48)32-7-8-33-30(22-32)26-52(42(33)55)37-11-12-38(53)45-41(37)54/h3-10,22,27,29,37H,1-2,11-21,24-26H2,(H,46,47)(H,45,53,54)/t29-,37?/m1/s1. The number of piperazine rings is 1. The lowest BCUT2D eigenvalue weighted by molar-refractivity contribution is -0.136. The number of imide groups is 1. The van der Waals surface area contributed by atoms with Gasteiger partial charge in [0.2, 0.25) is 11.8 Å². The molecule has 0 saturated carbocycles. The first-order valence-corrected chi connectivity index (χ1v) is 19.7. The molecule has 4 saturated heterocycles. The number of aromatic amines is 1. The number of hydrogen-bond acceptors (Lipinski definition) is 9. The Kier molecular flexibility index (Phi) is 9.38. The highest BCUT2D eigenvalue weighted by molar-refractivity contribution is 6.05. The van der Waals surface area contributed by atoms with Crippen molar-refractivity contribution >= 4 is 45.7 Å². The van der Waals surface area contributed by atoms with Gasteiger partial charge in [-0.05, 0) is 91.6 Å². The van der Waals surface area contributed by atoms with Crippen molar-refractivity contribution in [3.63, 3.8) is 0 Å². The molecular weight excluding hydrogens is 698 g/mol. The van der Waals surface area contributed by atoms with Gasteiger partial charge in [-0.1, -0.05) is 12.1 Å². The third-order valence-electron chi connectivity index (χ3n) is 12.6. The minimum Gasteiger partial charge on any atom is -0.372 e. The molecule has 2 atom stereocenters. The summed E-state index contributed by atoms with van der Waals surface area (Å²) in [5.41, 5.74) is 6.92. The monoisotopic (exact) mass is 743 g/mol. The van der Waals surface area contributed by atoms with Gasteiger partial charge in [0, 0.05) is 94.7 Å². The first-order chi connectivity index (χ1) is 26.8. The highest BCUT2D eigenvalue weighted by Crippen LogP contribution is 2.36. The maximum Gasteiger partial charge on any atom is 0.255 e. The highest BCUT2D eigenvalue weighted by Gasteiger charge is 2.39. The van der Waals surface area contributed by atoms with Gasteiger partial charge in [0.15, 0.2) is 5.69 Å². The van der Waals surface area contributed by atoms with Crippen LogP contribution in [0.3, 0.4) is 0 Å². The van der Waals surface area contributed by atoms with Gasteiger partial charge < -0.3 is 19.6 Å². The van der Waals surface area contributed by atoms with Crippen LogP contribution in [0.5, 0.6) is 0 Å². The van der Waals surface area contributed by atoms with E-state index in [0.717, 1.165) is 88.7 Å². The molecule has 284 valence electrons. The maximum absolute atomic E-state index is 14.6. The van der Waals surface area contributed by atoms with Crippen molar-refractivity contribution in [2.24, 2.45) is 5.92 Å². The zero-order chi connectivity index (χ0) is 37.6. The number of carbonyl (C=O) groups is 3. The molecule has 1 aromatic heterocycles. The van der Waals surface area contributed by atoms with E-state index in [2.05, 4.69) is 65.4 Å². The number of aromatic nitrogens is 2. The Bertz CT molecular complexity index is 2160. The summed E-state index contributed by atoms with van der Waals surface area (Å²) in [5.74, 6) is -0.158. The van der Waals surface area contributed by atoms with Gasteiger partial charge in [0.25, 0.3) is 5.91 Å². The molecule has 0 aliphatic carbocycles. The van der Waals surface area contributed by atoms with E-state index in [0.29, 0.717) is 35.9 Å². The molecule has 5 aliphatic rings. The zero-order valence-corrected chi connectivity index (χ0v) is 31.0. The summed E-state index contributed by atoms with van der Waals surface area (Å²) >= 11 is 0. The fourth-order valence-electron chi connectivity index (χ4n) is 9.53. The molecule has 9 rings (SSSR count). The Morgan fingerprint density at radius 2 is 1.60 bits per heavy atom. The minimum absolute atomic E-state index is 0.0952. The fraction of sp³-hybridized carbons (Fsp3) is 0.452. The summed E-state index contributed by atoms with van der Waals surface area (Å²) < 4.78 is 14.6. The van der Waals surface area contributed by atoms with Crippen LogP contribution < -0.4 is 20.0 Å². The fourth-order valence-corrected chi connectivity index (χ4v) is 9.53. The van der Waals surface area contributed by atoms with E-state index in [1.54, 1.807) is 11.0 Å². The number of nitrogens with one attached hydrogen (secondary N) is 2. The second kappa shape index (κ2) is 14.6. The quantitative estimate of drug-likeness (QED) is 0.258. The van der Waals surface area contributed by atoms with Crippen LogP contribution in [0.15, 0.2) is 54.6 Å². The number of nitriles is 1. The van der Waals surface area contributed by atoms with E-state index >= 15 is 0 Å². The van der Waals surface area contributed by atoms with Gasteiger partial charge in [-0.2, -0.15) is 10.4 Å². The number of amides is 3. The summed E-state index contributed by atoms with van der Waals surface area (Å²) in [5, 5.41) is 19.0. The average molecular weight is 744 g/mol. The van der Waals surface area contributed by atoms with Crippen molar-refractivity contribution < 1.29 is 18.8 Å². The SMILES string of the molecule is N#Cc1n[nH]c2c(N3CCC[C@@H](c4ccc(N5CCC(CN6CCN(c7ccc8c(c7)CN(C7CCC(=O)NC7=O)C8=O)CC6)CC5)cc4)C3)ccc(F)c12. The van der Waals surface area contributed by atoms with Gasteiger partial charge >= 0.3 is 0 Å². The van der Waals surface area contributed by atoms with Crippen LogP contribution in [-0.4, -0.2) is 103 Å². The summed E-state index contributed by atoms with van der Waals surface area (Å²) in [6.07, 6.45) is 5.12. The Labute approximate surface area is 319 Å². The highest BCUT2D eigenvalue weighted by atomic mass is 19.1. The van der Waals surface area contributed by atoms with Crippen molar-refractivity contribution in [1.82, 2.24) is 25.3 Å². The molecule has 4 fully saturated rings. The summed E-state index contributed by atoms with van der Waals surface area (Å²) in [4.78, 5) is 48.6. The zero-order valence-electron chi connectivity index (χ0n) is 31.0. The topological polar surface area (TPSA) is 132 Å². The largest absolute Gasteiger partial charge is 0.372 e. The van der Waals surface area contributed by atoms with Crippen LogP contribution in [0.1, 0.15) is 71.6 Å². The maximum atomic E-state index is 14.6. The number of H-pyrrole nitrogens is 1. The molecule has 3 aromatic carbocycles. The molecule has 4 aromatic rings. The molecule has 0 spiro atoms. The molecule has 1 unspecified atom stereocenters. The lowest BCUT2D eigenvalue weighted by Gasteiger charge is -2.40. The smallest absolute Gasteiger partial charge is 0.255 e. The number of nitrogens with zero attached hydrogens (tertiary/aromatic N) is 7. The average Bonchev–Trinajstić information content (AvgIpc) is 3.80. The van der Waals surface area contributed by atoms with E-state index < -0.39 is 11.9 Å². The first-order valence-electron chi connectivity index (χ1n) is 19.7. The Balaban J connectivity index is 0.745. The van der Waals surface area contributed by atoms with E-state index in [1.807, 2.05) is 18.2 Å². The van der Waals surface area contributed by atoms with E-state index in [1.165, 1.54) is 30.2 Å². The van der Waals surface area contributed by atoms with Crippen molar-refractivity contribution in [2.75, 3.05) is 73.6 Å². The van der Waals surface area contributed by atoms with Crippen molar-refractivity contribution in [3.05, 3.63) is 82.8 Å². The van der Waals surface area contributed by atoms with Gasteiger partial charge in [-0.3, -0.25) is 29.7 Å². The van der Waals surface area contributed by atoms with Gasteiger partial charge in [-0.25, -0.2) is 4.39 Å². The number of halogens is 1. The van der Waals surface area contributed by atoms with E-state index in [-0.39, 0.29) is 35.2 Å². The molecule has 5 aliphatic heterocycles. The normalized spacial score (nSPS) is 22.7. The van der Waals surface area contributed by atoms with Gasteiger partial charge in [0.05, 0.1) is 16.6 Å². The number of hydrogen-bond donors (Lipinski definition) is 2. The van der Waals surface area contributed by atoms with Crippen molar-refractivity contribution in [3.8, 4) is 6.07 Å². The third-order valence-corrected chi connectivity index (χ3v) is 12.6. The van der Waals surface area contributed by atoms with Gasteiger partial charge in [-0.15, -0.1) is 0 Å². The predicted octanol–water partition coefficient (Wildman–Crippen LogP) is 4.76. The van der Waals surface area contributed by atoms with Crippen molar-refractivity contribution in [2.45, 2.75) is 57.0 Å². The molecule has 0 bridgehead atoms. The summed E-state index contributed by atoms with van der Waals surface area (Å²) in [7, 11) is 0. The Hall–Kier alpha value is -5.48. The number of benzene rings is 3. The Morgan fingerprint density at radius 3 is 2.36 bits per heavy atom. The Morgan fingerprint density at radius 1 is 0.836 bits per heavy atom. The number of piperidine rings is 3. The number of fused-ring (bicyclic) bond motifs is 2. The van der Waals surface area contributed by atoms with Crippen LogP contribution in [0, 0.1) is 23.1 Å². The van der Waals surface area contributed by atoms with Crippen molar-refractivity contribution in [1.29, 1.82) is 5.26 Å². The summed E-state index contributed by atoms with van der Waals surface area (Å²) in [6, 6.07) is 19.8. The lowest BCUT2D eigenvalue weighted by atomic mass is 9.89. The van der Waals surface area contributed by atoms with Crippen LogP contribution in [0.2, 0.25) is 0 Å². The number of anilines is 3. The predicted molar refractivity (Wildman–Crippen MR) is 207 cm³/mol. The minimum atomic E-state index is -0.593. The second-order valence-electron chi connectivity index (χ2n) is 15.8. The molecule has 12 nitrogen and oxygen atoms in total. The van der Waals surface area contributed by atoms with E-state index in [4.69, 9.17) is 0 Å². The second-order valence-corrected chi connectivity index (χ2v) is 15.8. The number of carbonyl (C=O) groups excluding carboxylic acids is 3. The molecule has 0 radical (unpaired) electrons.